The fraction of sp³-hybridized carbons (Fsp3) is 0.333. The van der Waals surface area contributed by atoms with Crippen LogP contribution in [0.3, 0.4) is 0 Å². The van der Waals surface area contributed by atoms with Crippen molar-refractivity contribution in [3.8, 4) is 0 Å². The molecule has 5 nitrogen and oxygen atoms in total. The number of cyclic esters (lactones) is 1. The monoisotopic (exact) mass is 235 g/mol. The summed E-state index contributed by atoms with van der Waals surface area (Å²) < 4.78 is 9.82. The third-order valence-electron chi connectivity index (χ3n) is 2.59. The zero-order valence-corrected chi connectivity index (χ0v) is 9.46. The number of nitrogens with zero attached hydrogens (tertiary/aromatic N) is 1. The van der Waals surface area contributed by atoms with Crippen LogP contribution in [-0.4, -0.2) is 29.7 Å². The Morgan fingerprint density at radius 3 is 2.76 bits per heavy atom. The Morgan fingerprint density at radius 1 is 1.47 bits per heavy atom. The molecular formula is C12H13NO4. The SMILES string of the molecule is CC1C(=O)OCN1C(=O)OCc1ccccc1. The molecule has 1 heterocycles. The number of rotatable bonds is 2. The summed E-state index contributed by atoms with van der Waals surface area (Å²) in [5, 5.41) is 0. The van der Waals surface area contributed by atoms with Gasteiger partial charge >= 0.3 is 12.1 Å². The lowest BCUT2D eigenvalue weighted by Crippen LogP contribution is -2.36. The molecule has 0 aromatic heterocycles. The molecule has 0 bridgehead atoms. The Balaban J connectivity index is 1.88. The molecule has 1 atom stereocenters. The van der Waals surface area contributed by atoms with E-state index in [1.807, 2.05) is 30.3 Å². The molecule has 1 aromatic carbocycles. The first-order valence-corrected chi connectivity index (χ1v) is 5.32. The van der Waals surface area contributed by atoms with Gasteiger partial charge in [-0.05, 0) is 12.5 Å². The largest absolute Gasteiger partial charge is 0.444 e. The van der Waals surface area contributed by atoms with Crippen LogP contribution in [0.25, 0.3) is 0 Å². The third-order valence-corrected chi connectivity index (χ3v) is 2.59. The molecular weight excluding hydrogens is 222 g/mol. The fourth-order valence-corrected chi connectivity index (χ4v) is 1.51. The molecule has 1 aromatic rings. The summed E-state index contributed by atoms with van der Waals surface area (Å²) in [5.74, 6) is -0.401. The van der Waals surface area contributed by atoms with Gasteiger partial charge in [-0.1, -0.05) is 30.3 Å². The number of hydrogen-bond acceptors (Lipinski definition) is 4. The molecule has 5 heteroatoms. The molecule has 1 unspecified atom stereocenters. The number of esters is 1. The zero-order valence-electron chi connectivity index (χ0n) is 9.46. The number of hydrogen-bond donors (Lipinski definition) is 0. The Labute approximate surface area is 98.9 Å². The molecule has 17 heavy (non-hydrogen) atoms. The van der Waals surface area contributed by atoms with Gasteiger partial charge in [-0.3, -0.25) is 4.90 Å². The van der Waals surface area contributed by atoms with Crippen LogP contribution in [0.5, 0.6) is 0 Å². The summed E-state index contributed by atoms with van der Waals surface area (Å²) in [4.78, 5) is 24.0. The van der Waals surface area contributed by atoms with E-state index in [1.165, 1.54) is 4.90 Å². The number of carbonyl (C=O) groups excluding carboxylic acids is 2. The molecule has 0 N–H and O–H groups in total. The van der Waals surface area contributed by atoms with Gasteiger partial charge in [0.2, 0.25) is 0 Å². The molecule has 1 amide bonds. The highest BCUT2D eigenvalue weighted by molar-refractivity contribution is 5.83. The Hall–Kier alpha value is -2.04. The maximum Gasteiger partial charge on any atom is 0.413 e. The summed E-state index contributed by atoms with van der Waals surface area (Å²) in [6.45, 7) is 1.77. The minimum Gasteiger partial charge on any atom is -0.444 e. The van der Waals surface area contributed by atoms with E-state index in [4.69, 9.17) is 9.47 Å². The van der Waals surface area contributed by atoms with Crippen LogP contribution in [0, 0.1) is 0 Å². The van der Waals surface area contributed by atoms with Crippen LogP contribution in [0.2, 0.25) is 0 Å². The molecule has 0 saturated carbocycles. The van der Waals surface area contributed by atoms with Gasteiger partial charge in [0.15, 0.2) is 6.73 Å². The van der Waals surface area contributed by atoms with Gasteiger partial charge in [-0.25, -0.2) is 9.59 Å². The van der Waals surface area contributed by atoms with Crippen LogP contribution in [0.1, 0.15) is 12.5 Å². The van der Waals surface area contributed by atoms with E-state index in [0.29, 0.717) is 0 Å². The summed E-state index contributed by atoms with van der Waals surface area (Å²) >= 11 is 0. The predicted octanol–water partition coefficient (Wildman–Crippen LogP) is 1.53. The van der Waals surface area contributed by atoms with Gasteiger partial charge in [0, 0.05) is 0 Å². The van der Waals surface area contributed by atoms with Crippen LogP contribution in [0.4, 0.5) is 4.79 Å². The lowest BCUT2D eigenvalue weighted by atomic mass is 10.2. The smallest absolute Gasteiger partial charge is 0.413 e. The van der Waals surface area contributed by atoms with E-state index >= 15 is 0 Å². The average Bonchev–Trinajstić information content (AvgIpc) is 2.69. The van der Waals surface area contributed by atoms with Gasteiger partial charge in [0.1, 0.15) is 12.6 Å². The highest BCUT2D eigenvalue weighted by Gasteiger charge is 2.35. The Kier molecular flexibility index (Phi) is 3.27. The van der Waals surface area contributed by atoms with Crippen molar-refractivity contribution in [3.63, 3.8) is 0 Å². The van der Waals surface area contributed by atoms with Gasteiger partial charge < -0.3 is 9.47 Å². The minimum atomic E-state index is -0.571. The van der Waals surface area contributed by atoms with Crippen molar-refractivity contribution < 1.29 is 19.1 Å². The zero-order chi connectivity index (χ0) is 12.3. The quantitative estimate of drug-likeness (QED) is 0.729. The molecule has 1 fully saturated rings. The Bertz CT molecular complexity index is 418. The van der Waals surface area contributed by atoms with E-state index in [0.717, 1.165) is 5.56 Å². The molecule has 1 aliphatic rings. The summed E-state index contributed by atoms with van der Waals surface area (Å²) in [7, 11) is 0. The van der Waals surface area contributed by atoms with Crippen molar-refractivity contribution in [3.05, 3.63) is 35.9 Å². The fourth-order valence-electron chi connectivity index (χ4n) is 1.51. The summed E-state index contributed by atoms with van der Waals surface area (Å²) in [6, 6.07) is 8.78. The number of benzene rings is 1. The average molecular weight is 235 g/mol. The first-order chi connectivity index (χ1) is 8.18. The van der Waals surface area contributed by atoms with E-state index in [-0.39, 0.29) is 13.3 Å². The molecule has 0 spiro atoms. The van der Waals surface area contributed by atoms with E-state index in [9.17, 15) is 9.59 Å². The van der Waals surface area contributed by atoms with Crippen LogP contribution >= 0.6 is 0 Å². The minimum absolute atomic E-state index is 0.0341. The second-order valence-corrected chi connectivity index (χ2v) is 3.78. The molecule has 1 saturated heterocycles. The van der Waals surface area contributed by atoms with Gasteiger partial charge in [-0.15, -0.1) is 0 Å². The normalized spacial score (nSPS) is 19.0. The maximum absolute atomic E-state index is 11.6. The van der Waals surface area contributed by atoms with Crippen molar-refractivity contribution in [2.24, 2.45) is 0 Å². The molecule has 1 aliphatic heterocycles. The van der Waals surface area contributed by atoms with E-state index in [2.05, 4.69) is 0 Å². The van der Waals surface area contributed by atoms with Crippen molar-refractivity contribution in [1.82, 2.24) is 4.90 Å². The van der Waals surface area contributed by atoms with E-state index < -0.39 is 18.1 Å². The number of amides is 1. The molecule has 0 radical (unpaired) electrons. The van der Waals surface area contributed by atoms with Gasteiger partial charge in [0.05, 0.1) is 0 Å². The van der Waals surface area contributed by atoms with Crippen molar-refractivity contribution in [2.45, 2.75) is 19.6 Å². The maximum atomic E-state index is 11.6. The predicted molar refractivity (Wildman–Crippen MR) is 58.9 cm³/mol. The standard InChI is InChI=1S/C12H13NO4/c1-9-11(14)17-8-13(9)12(15)16-7-10-5-3-2-4-6-10/h2-6,9H,7-8H2,1H3. The van der Waals surface area contributed by atoms with Crippen molar-refractivity contribution >= 4 is 12.1 Å². The first-order valence-electron chi connectivity index (χ1n) is 5.32. The Morgan fingerprint density at radius 2 is 2.18 bits per heavy atom. The number of carbonyl (C=O) groups is 2. The van der Waals surface area contributed by atoms with Gasteiger partial charge in [0.25, 0.3) is 0 Å². The summed E-state index contributed by atoms with van der Waals surface area (Å²) in [6.07, 6.45) is -0.535. The molecule has 90 valence electrons. The van der Waals surface area contributed by atoms with E-state index in [1.54, 1.807) is 6.92 Å². The lowest BCUT2D eigenvalue weighted by Gasteiger charge is -2.16. The highest BCUT2D eigenvalue weighted by atomic mass is 16.6. The molecule has 2 rings (SSSR count). The van der Waals surface area contributed by atoms with Crippen molar-refractivity contribution in [2.75, 3.05) is 6.73 Å². The first kappa shape index (κ1) is 11.4. The second kappa shape index (κ2) is 4.86. The second-order valence-electron chi connectivity index (χ2n) is 3.78. The van der Waals surface area contributed by atoms with Gasteiger partial charge in [-0.2, -0.15) is 0 Å². The van der Waals surface area contributed by atoms with Crippen LogP contribution in [-0.2, 0) is 20.9 Å². The van der Waals surface area contributed by atoms with Crippen LogP contribution in [0.15, 0.2) is 30.3 Å². The highest BCUT2D eigenvalue weighted by Crippen LogP contribution is 2.12. The number of ether oxygens (including phenoxy) is 2. The van der Waals surface area contributed by atoms with Crippen LogP contribution < -0.4 is 0 Å². The van der Waals surface area contributed by atoms with Crippen molar-refractivity contribution in [1.29, 1.82) is 0 Å². The lowest BCUT2D eigenvalue weighted by molar-refractivity contribution is -0.138. The summed E-state index contributed by atoms with van der Waals surface area (Å²) in [5.41, 5.74) is 0.903. The topological polar surface area (TPSA) is 55.8 Å². The third kappa shape index (κ3) is 2.55. The molecule has 0 aliphatic carbocycles.